The number of piperidine rings is 1. The number of anilines is 1. The van der Waals surface area contributed by atoms with Crippen LogP contribution in [0.1, 0.15) is 42.9 Å². The smallest absolute Gasteiger partial charge is 0.478 e. The normalized spacial score (nSPS) is 27.1. The molecule has 4 heterocycles. The van der Waals surface area contributed by atoms with Crippen LogP contribution < -0.4 is 10.1 Å². The van der Waals surface area contributed by atoms with Gasteiger partial charge in [-0.25, -0.2) is 9.37 Å². The number of piperazine rings is 1. The Hall–Kier alpha value is -4.42. The van der Waals surface area contributed by atoms with E-state index < -0.39 is 62.3 Å². The molecule has 246 valence electrons. The zero-order valence-corrected chi connectivity index (χ0v) is 26.8. The van der Waals surface area contributed by atoms with Crippen LogP contribution >= 0.6 is 0 Å². The summed E-state index contributed by atoms with van der Waals surface area (Å²) in [7, 11) is -2.89. The molecule has 2 N–H and O–H groups in total. The van der Waals surface area contributed by atoms with Crippen LogP contribution in [0.4, 0.5) is 14.9 Å². The van der Waals surface area contributed by atoms with Crippen LogP contribution in [0.2, 0.25) is 0 Å². The van der Waals surface area contributed by atoms with Crippen LogP contribution in [0.5, 0.6) is 5.88 Å². The molecule has 0 bridgehead atoms. The van der Waals surface area contributed by atoms with Gasteiger partial charge in [0.2, 0.25) is 11.8 Å². The second-order valence-corrected chi connectivity index (χ2v) is 14.2. The number of ether oxygens (including phenoxy) is 1. The highest BCUT2D eigenvalue weighted by atomic mass is 32.2. The molecule has 0 radical (unpaired) electrons. The van der Waals surface area contributed by atoms with E-state index in [0.717, 1.165) is 12.1 Å². The predicted octanol–water partition coefficient (Wildman–Crippen LogP) is 3.95. The molecule has 6 rings (SSSR count). The van der Waals surface area contributed by atoms with Crippen molar-refractivity contribution >= 4 is 27.7 Å². The Labute approximate surface area is 272 Å². The van der Waals surface area contributed by atoms with E-state index >= 15 is 0 Å². The Kier molecular flexibility index (Phi) is 8.75. The van der Waals surface area contributed by atoms with Gasteiger partial charge in [-0.1, -0.05) is 30.3 Å². The molecule has 3 aliphatic rings. The van der Waals surface area contributed by atoms with Crippen LogP contribution in [0.15, 0.2) is 71.8 Å². The molecule has 0 spiro atoms. The van der Waals surface area contributed by atoms with Crippen LogP contribution in [0, 0.1) is 17.1 Å². The van der Waals surface area contributed by atoms with E-state index in [4.69, 9.17) is 4.74 Å². The van der Waals surface area contributed by atoms with Gasteiger partial charge in [-0.15, -0.1) is 3.89 Å². The molecule has 0 aliphatic carbocycles. The van der Waals surface area contributed by atoms with E-state index in [1.54, 1.807) is 25.1 Å². The first kappa shape index (κ1) is 32.5. The van der Waals surface area contributed by atoms with Crippen LogP contribution in [0.25, 0.3) is 0 Å². The maximum Gasteiger partial charge on any atom is 0.529 e. The van der Waals surface area contributed by atoms with Crippen molar-refractivity contribution in [2.45, 2.75) is 54.7 Å². The third-order valence-electron chi connectivity index (χ3n) is 9.62. The van der Waals surface area contributed by atoms with E-state index in [1.165, 1.54) is 36.5 Å². The first-order valence-corrected chi connectivity index (χ1v) is 16.9. The minimum atomic E-state index is -4.88. The largest absolute Gasteiger partial charge is 0.529 e. The van der Waals surface area contributed by atoms with Gasteiger partial charge < -0.3 is 20.1 Å². The minimum Gasteiger partial charge on any atom is -0.478 e. The number of hydrogen-bond donors (Lipinski definition) is 2. The Morgan fingerprint density at radius 1 is 1.15 bits per heavy atom. The second-order valence-electron chi connectivity index (χ2n) is 12.1. The van der Waals surface area contributed by atoms with Crippen LogP contribution in [0.3, 0.4) is 0 Å². The summed E-state index contributed by atoms with van der Waals surface area (Å²) in [5.41, 5.74) is 0.747. The number of nitrogens with zero attached hydrogens (tertiary/aromatic N) is 5. The van der Waals surface area contributed by atoms with Gasteiger partial charge in [0, 0.05) is 23.5 Å². The van der Waals surface area contributed by atoms with Crippen molar-refractivity contribution in [3.05, 3.63) is 83.8 Å². The van der Waals surface area contributed by atoms with E-state index in [2.05, 4.69) is 21.3 Å². The van der Waals surface area contributed by atoms with Gasteiger partial charge in [0.25, 0.3) is 0 Å². The van der Waals surface area contributed by atoms with Crippen molar-refractivity contribution in [3.63, 3.8) is 0 Å². The Morgan fingerprint density at radius 3 is 2.53 bits per heavy atom. The van der Waals surface area contributed by atoms with Gasteiger partial charge >= 0.3 is 16.1 Å². The van der Waals surface area contributed by atoms with Crippen LogP contribution in [-0.4, -0.2) is 95.6 Å². The second kappa shape index (κ2) is 12.6. The molecule has 3 aromatic rings. The van der Waals surface area contributed by atoms with Gasteiger partial charge in [0.15, 0.2) is 12.1 Å². The van der Waals surface area contributed by atoms with E-state index in [0.29, 0.717) is 31.5 Å². The third-order valence-corrected chi connectivity index (χ3v) is 11.9. The molecule has 2 aromatic carbocycles. The summed E-state index contributed by atoms with van der Waals surface area (Å²) in [5, 5.41) is 24.7. The monoisotopic (exact) mass is 663 g/mol. The molecule has 3 aliphatic heterocycles. The molecular weight excluding hydrogens is 627 g/mol. The number of fused-ring (bicyclic) bond motifs is 1. The number of quaternary nitrogens is 1. The van der Waals surface area contributed by atoms with E-state index in [1.807, 2.05) is 11.9 Å². The van der Waals surface area contributed by atoms with Crippen molar-refractivity contribution in [2.75, 3.05) is 38.6 Å². The number of nitriles is 1. The Balaban J connectivity index is 1.72. The zero-order valence-electron chi connectivity index (χ0n) is 26.0. The SMILES string of the molecule is CCOc1ncccc1C1C(C2C(=O)Nc3cc(F)ccc32)[N+](C(=O)O)(S(=O)(=O)c2ccccc2)CC(C#N)N1C1CCN(C)CC1. The number of likely N-dealkylation sites (tertiary alicyclic amines) is 1. The quantitative estimate of drug-likeness (QED) is 0.356. The highest BCUT2D eigenvalue weighted by Crippen LogP contribution is 2.53. The Bertz CT molecular complexity index is 1830. The number of rotatable bonds is 7. The molecule has 2 fully saturated rings. The summed E-state index contributed by atoms with van der Waals surface area (Å²) in [6, 6.07) is 12.2. The zero-order chi connectivity index (χ0) is 33.5. The summed E-state index contributed by atoms with van der Waals surface area (Å²) in [4.78, 5) is 36.3. The summed E-state index contributed by atoms with van der Waals surface area (Å²) < 4.78 is 48.7. The lowest BCUT2D eigenvalue weighted by atomic mass is 9.79. The molecule has 5 atom stereocenters. The molecule has 14 heteroatoms. The number of carbonyl (C=O) groups excluding carboxylic acids is 1. The number of sulfonamides is 1. The first-order chi connectivity index (χ1) is 22.5. The molecule has 12 nitrogen and oxygen atoms in total. The van der Waals surface area contributed by atoms with Crippen molar-refractivity contribution < 1.29 is 36.1 Å². The molecule has 0 saturated carbocycles. The lowest BCUT2D eigenvalue weighted by Gasteiger charge is -2.55. The van der Waals surface area contributed by atoms with Crippen molar-refractivity contribution in [3.8, 4) is 11.9 Å². The fraction of sp³-hybridized carbons (Fsp3) is 0.394. The van der Waals surface area contributed by atoms with E-state index in [-0.39, 0.29) is 34.7 Å². The summed E-state index contributed by atoms with van der Waals surface area (Å²) >= 11 is 0. The molecule has 2 saturated heterocycles. The number of hydrogen-bond acceptors (Lipinski definition) is 9. The van der Waals surface area contributed by atoms with Gasteiger partial charge in [0.1, 0.15) is 23.2 Å². The highest BCUT2D eigenvalue weighted by Gasteiger charge is 2.70. The van der Waals surface area contributed by atoms with Gasteiger partial charge in [-0.2, -0.15) is 18.5 Å². The summed E-state index contributed by atoms with van der Waals surface area (Å²) in [6.07, 6.45) is 0.991. The molecular formula is C33H36FN6O6S+. The topological polar surface area (TPSA) is 153 Å². The van der Waals surface area contributed by atoms with Gasteiger partial charge in [0.05, 0.1) is 18.7 Å². The van der Waals surface area contributed by atoms with Crippen molar-refractivity contribution in [1.29, 1.82) is 5.26 Å². The number of halogens is 1. The lowest BCUT2D eigenvalue weighted by Crippen LogP contribution is -2.76. The lowest BCUT2D eigenvalue weighted by molar-refractivity contribution is -0.778. The fourth-order valence-electron chi connectivity index (χ4n) is 7.55. The average Bonchev–Trinajstić information content (AvgIpc) is 3.38. The minimum absolute atomic E-state index is 0.129. The number of aromatic nitrogens is 1. The maximum atomic E-state index is 15.0. The number of benzene rings is 2. The van der Waals surface area contributed by atoms with Gasteiger partial charge in [-0.05, 0) is 75.8 Å². The first-order valence-electron chi connectivity index (χ1n) is 15.5. The third kappa shape index (κ3) is 5.33. The highest BCUT2D eigenvalue weighted by molar-refractivity contribution is 7.86. The molecule has 2 amide bonds. The average molecular weight is 664 g/mol. The number of carboxylic acid groups (broad SMARTS) is 1. The van der Waals surface area contributed by atoms with Crippen molar-refractivity contribution in [2.24, 2.45) is 0 Å². The molecule has 5 unspecified atom stereocenters. The fourth-order valence-corrected chi connectivity index (χ4v) is 9.53. The Morgan fingerprint density at radius 2 is 1.87 bits per heavy atom. The number of pyridine rings is 1. The number of carbonyl (C=O) groups is 2. The summed E-state index contributed by atoms with van der Waals surface area (Å²) in [5.74, 6) is -2.54. The van der Waals surface area contributed by atoms with Crippen molar-refractivity contribution in [1.82, 2.24) is 14.8 Å². The molecule has 1 aromatic heterocycles. The maximum absolute atomic E-state index is 15.0. The molecule has 47 heavy (non-hydrogen) atoms. The summed E-state index contributed by atoms with van der Waals surface area (Å²) in [6.45, 7) is 2.67. The number of amides is 2. The van der Waals surface area contributed by atoms with Crippen LogP contribution in [-0.2, 0) is 14.8 Å². The standard InChI is InChI=1S/C33H35FN6O6S/c1-3-46-32-26(10-7-15-36-32)29-30(28-25-12-11-21(34)18-27(25)37-31(28)41)40(33(42)43,47(44,45)24-8-5-4-6-9-24)20-23(19-35)39(29)22-13-16-38(2)17-14-22/h4-12,15,18,22-23,28-30H,3,13-14,16-17,20H2,1-2H3,(H-,37,41,42,43)/p+1. The van der Waals surface area contributed by atoms with Gasteiger partial charge in [-0.3, -0.25) is 9.69 Å². The van der Waals surface area contributed by atoms with E-state index in [9.17, 15) is 32.8 Å². The predicted molar refractivity (Wildman–Crippen MR) is 168 cm³/mol. The number of nitrogens with one attached hydrogen (secondary N) is 1.